The average molecular weight is 251 g/mol. The Morgan fingerprint density at radius 2 is 1.79 bits per heavy atom. The van der Waals surface area contributed by atoms with E-state index in [0.29, 0.717) is 0 Å². The summed E-state index contributed by atoms with van der Waals surface area (Å²) in [4.78, 5) is 0. The molecule has 3 rings (SSSR count). The fourth-order valence-electron chi connectivity index (χ4n) is 2.66. The molecule has 1 aliphatic carbocycles. The molecule has 2 nitrogen and oxygen atoms in total. The topological polar surface area (TPSA) is 29.9 Å². The van der Waals surface area contributed by atoms with Crippen LogP contribution in [0.15, 0.2) is 54.9 Å². The van der Waals surface area contributed by atoms with Gasteiger partial charge in [-0.05, 0) is 54.5 Å². The molecule has 0 unspecified atom stereocenters. The zero-order valence-electron chi connectivity index (χ0n) is 11.0. The molecule has 2 heteroatoms. The highest BCUT2D eigenvalue weighted by atomic mass is 15.3. The third kappa shape index (κ3) is 2.68. The van der Waals surface area contributed by atoms with Gasteiger partial charge in [-0.1, -0.05) is 29.0 Å². The van der Waals surface area contributed by atoms with E-state index in [1.165, 1.54) is 42.4 Å². The summed E-state index contributed by atoms with van der Waals surface area (Å²) in [6.07, 6.45) is 11.2. The Labute approximate surface area is 114 Å². The van der Waals surface area contributed by atoms with Crippen LogP contribution in [0.25, 0.3) is 16.7 Å². The van der Waals surface area contributed by atoms with Crippen LogP contribution in [0, 0.1) is 0 Å². The molecule has 0 atom stereocenters. The van der Waals surface area contributed by atoms with E-state index in [2.05, 4.69) is 36.4 Å². The van der Waals surface area contributed by atoms with E-state index in [9.17, 15) is 0 Å². The van der Waals surface area contributed by atoms with Crippen LogP contribution in [0.1, 0.15) is 31.2 Å². The van der Waals surface area contributed by atoms with Crippen LogP contribution in [0.2, 0.25) is 0 Å². The van der Waals surface area contributed by atoms with Crippen LogP contribution in [-0.4, -0.2) is 0 Å². The Balaban J connectivity index is 1.98. The maximum absolute atomic E-state index is 5.78. The zero-order valence-corrected chi connectivity index (χ0v) is 11.0. The smallest absolute Gasteiger partial charge is 0.205 e. The second-order valence-corrected chi connectivity index (χ2v) is 5.10. The molecule has 0 amide bonds. The fourth-order valence-corrected chi connectivity index (χ4v) is 2.66. The molecule has 0 saturated heterocycles. The number of aromatic nitrogens is 1. The van der Waals surface area contributed by atoms with E-state index in [-0.39, 0.29) is 0 Å². The Morgan fingerprint density at radius 3 is 2.58 bits per heavy atom. The van der Waals surface area contributed by atoms with E-state index < -0.39 is 0 Å². The first-order valence-electron chi connectivity index (χ1n) is 6.89. The maximum atomic E-state index is 5.78. The standard InChI is InChI=1S/C17H19N2/c18-19-11-5-10-17(13-19)16-9-4-8-15(12-16)14-6-2-1-3-7-14/h4-6,8-13H,1-3,7,18H2/q+1. The zero-order chi connectivity index (χ0) is 13.1. The van der Waals surface area contributed by atoms with Crippen LogP contribution < -0.4 is 10.5 Å². The van der Waals surface area contributed by atoms with E-state index in [0.717, 1.165) is 5.56 Å². The second kappa shape index (κ2) is 5.27. The van der Waals surface area contributed by atoms with Crippen LogP contribution in [0.5, 0.6) is 0 Å². The second-order valence-electron chi connectivity index (χ2n) is 5.10. The van der Waals surface area contributed by atoms with Crippen LogP contribution in [0.4, 0.5) is 0 Å². The van der Waals surface area contributed by atoms with E-state index in [1.807, 2.05) is 18.5 Å². The first kappa shape index (κ1) is 12.0. The summed E-state index contributed by atoms with van der Waals surface area (Å²) in [6, 6.07) is 12.8. The van der Waals surface area contributed by atoms with Gasteiger partial charge in [-0.3, -0.25) is 0 Å². The van der Waals surface area contributed by atoms with Gasteiger partial charge in [0.1, 0.15) is 0 Å². The molecule has 0 bridgehead atoms. The molecule has 0 spiro atoms. The Kier molecular flexibility index (Phi) is 3.32. The van der Waals surface area contributed by atoms with Crippen LogP contribution in [0.3, 0.4) is 0 Å². The first-order chi connectivity index (χ1) is 9.33. The van der Waals surface area contributed by atoms with Crippen molar-refractivity contribution in [2.45, 2.75) is 25.7 Å². The Bertz CT molecular complexity index is 614. The van der Waals surface area contributed by atoms with Gasteiger partial charge >= 0.3 is 0 Å². The molecule has 0 saturated carbocycles. The number of nitrogens with two attached hydrogens (primary N) is 1. The van der Waals surface area contributed by atoms with Crippen LogP contribution in [-0.2, 0) is 0 Å². The fraction of sp³-hybridized carbons (Fsp3) is 0.235. The number of hydrogen-bond donors (Lipinski definition) is 1. The number of nitrogen functional groups attached to an aromatic ring is 1. The maximum Gasteiger partial charge on any atom is 0.206 e. The lowest BCUT2D eigenvalue weighted by Gasteiger charge is -2.13. The summed E-state index contributed by atoms with van der Waals surface area (Å²) in [7, 11) is 0. The highest BCUT2D eigenvalue weighted by Gasteiger charge is 2.08. The van der Waals surface area contributed by atoms with Gasteiger partial charge in [-0.15, -0.1) is 0 Å². The minimum atomic E-state index is 1.16. The van der Waals surface area contributed by atoms with Crippen molar-refractivity contribution >= 4 is 5.57 Å². The third-order valence-electron chi connectivity index (χ3n) is 3.68. The van der Waals surface area contributed by atoms with Crippen LogP contribution >= 0.6 is 0 Å². The molecule has 1 aliphatic rings. The highest BCUT2D eigenvalue weighted by Crippen LogP contribution is 2.29. The summed E-state index contributed by atoms with van der Waals surface area (Å²) in [6.45, 7) is 0. The number of benzene rings is 1. The molecule has 1 aromatic heterocycles. The Hall–Kier alpha value is -2.09. The van der Waals surface area contributed by atoms with Crippen molar-refractivity contribution in [3.8, 4) is 11.1 Å². The van der Waals surface area contributed by atoms with Gasteiger partial charge in [0.15, 0.2) is 6.20 Å². The van der Waals surface area contributed by atoms with Gasteiger partial charge < -0.3 is 0 Å². The van der Waals surface area contributed by atoms with Crippen molar-refractivity contribution in [2.75, 3.05) is 5.84 Å². The number of hydrogen-bond acceptors (Lipinski definition) is 1. The Morgan fingerprint density at radius 1 is 0.947 bits per heavy atom. The lowest BCUT2D eigenvalue weighted by Crippen LogP contribution is -2.43. The third-order valence-corrected chi connectivity index (χ3v) is 3.68. The molecule has 1 aromatic carbocycles. The number of nitrogens with zero attached hydrogens (tertiary/aromatic N) is 1. The van der Waals surface area contributed by atoms with Crippen molar-refractivity contribution in [2.24, 2.45) is 0 Å². The van der Waals surface area contributed by atoms with Crippen molar-refractivity contribution in [1.82, 2.24) is 0 Å². The normalized spacial score (nSPS) is 15.1. The summed E-state index contributed by atoms with van der Waals surface area (Å²) >= 11 is 0. The molecule has 1 heterocycles. The average Bonchev–Trinajstić information content (AvgIpc) is 2.48. The molecular formula is C17H19N2+. The highest BCUT2D eigenvalue weighted by molar-refractivity contribution is 5.72. The predicted octanol–water partition coefficient (Wildman–Crippen LogP) is 3.31. The molecule has 96 valence electrons. The summed E-state index contributed by atoms with van der Waals surface area (Å²) < 4.78 is 1.60. The van der Waals surface area contributed by atoms with Crippen molar-refractivity contribution in [1.29, 1.82) is 0 Å². The monoisotopic (exact) mass is 251 g/mol. The van der Waals surface area contributed by atoms with Gasteiger partial charge in [0, 0.05) is 11.6 Å². The molecule has 19 heavy (non-hydrogen) atoms. The van der Waals surface area contributed by atoms with Gasteiger partial charge in [-0.2, -0.15) is 0 Å². The lowest BCUT2D eigenvalue weighted by atomic mass is 9.92. The molecular weight excluding hydrogens is 232 g/mol. The van der Waals surface area contributed by atoms with Gasteiger partial charge in [0.2, 0.25) is 6.20 Å². The summed E-state index contributed by atoms with van der Waals surface area (Å²) in [5.41, 5.74) is 5.22. The van der Waals surface area contributed by atoms with Gasteiger partial charge in [0.25, 0.3) is 0 Å². The molecule has 0 aliphatic heterocycles. The van der Waals surface area contributed by atoms with Crippen molar-refractivity contribution in [3.05, 3.63) is 60.4 Å². The SMILES string of the molecule is N[n+]1cccc(-c2cccc(C3=CCCCC3)c2)c1. The number of allylic oxidation sites excluding steroid dienone is 2. The summed E-state index contributed by atoms with van der Waals surface area (Å²) in [5, 5.41) is 0. The van der Waals surface area contributed by atoms with E-state index in [4.69, 9.17) is 5.84 Å². The lowest BCUT2D eigenvalue weighted by molar-refractivity contribution is -0.638. The van der Waals surface area contributed by atoms with Gasteiger partial charge in [-0.25, -0.2) is 5.84 Å². The van der Waals surface area contributed by atoms with Crippen molar-refractivity contribution < 1.29 is 4.68 Å². The predicted molar refractivity (Wildman–Crippen MR) is 78.7 cm³/mol. The van der Waals surface area contributed by atoms with E-state index >= 15 is 0 Å². The molecule has 0 radical (unpaired) electrons. The van der Waals surface area contributed by atoms with Gasteiger partial charge in [0.05, 0.1) is 0 Å². The quantitative estimate of drug-likeness (QED) is 0.644. The minimum absolute atomic E-state index is 1.16. The minimum Gasteiger partial charge on any atom is -0.205 e. The molecule has 2 aromatic rings. The summed E-state index contributed by atoms with van der Waals surface area (Å²) in [5.74, 6) is 5.78. The number of rotatable bonds is 2. The van der Waals surface area contributed by atoms with E-state index in [1.54, 1.807) is 4.68 Å². The molecule has 0 fully saturated rings. The number of pyridine rings is 1. The largest absolute Gasteiger partial charge is 0.206 e. The van der Waals surface area contributed by atoms with Crippen molar-refractivity contribution in [3.63, 3.8) is 0 Å². The molecule has 2 N–H and O–H groups in total. The first-order valence-corrected chi connectivity index (χ1v) is 6.89.